The molecule has 2 aromatic heterocycles. The molecule has 0 bridgehead atoms. The van der Waals surface area contributed by atoms with Gasteiger partial charge in [-0.1, -0.05) is 0 Å². The van der Waals surface area contributed by atoms with E-state index in [1.807, 2.05) is 0 Å². The highest BCUT2D eigenvalue weighted by molar-refractivity contribution is 7.66. The van der Waals surface area contributed by atoms with E-state index in [2.05, 4.69) is 28.1 Å². The molecule has 0 amide bonds. The second-order valence-corrected chi connectivity index (χ2v) is 10.6. The molecule has 6 atom stereocenters. The number of ether oxygens (including phenoxy) is 1. The number of fused-ring (bicyclic) bond motifs is 1. The number of anilines is 1. The highest BCUT2D eigenvalue weighted by Gasteiger charge is 2.57. The zero-order chi connectivity index (χ0) is 24.1. The van der Waals surface area contributed by atoms with Gasteiger partial charge in [0.2, 0.25) is 0 Å². The Morgan fingerprint density at radius 2 is 1.78 bits per heavy atom. The first-order chi connectivity index (χ1) is 14.5. The fourth-order valence-corrected chi connectivity index (χ4v) is 5.65. The number of rotatable bonds is 8. The number of nitrogen functional groups attached to an aromatic ring is 1. The number of phosphoric ester groups is 1. The first kappa shape index (κ1) is 25.2. The van der Waals surface area contributed by atoms with Crippen molar-refractivity contribution in [1.29, 1.82) is 0 Å². The van der Waals surface area contributed by atoms with E-state index < -0.39 is 54.4 Å². The molecule has 1 fully saturated rings. The number of nitrogens with two attached hydrogens (primary N) is 1. The Morgan fingerprint density at radius 1 is 1.12 bits per heavy atom. The monoisotopic (exact) mass is 525 g/mol. The van der Waals surface area contributed by atoms with Gasteiger partial charge in [-0.2, -0.15) is 8.62 Å². The molecule has 0 aromatic carbocycles. The molecule has 0 aliphatic carbocycles. The Morgan fingerprint density at radius 3 is 2.41 bits per heavy atom. The SMILES string of the molecule is Nc1ncnc2c1ncn2[C@@H]1O[C@](F)(COP(=O)(O)OP(=O)(O)OP(=O)(O)O)[C@@H](O)[C@H]1O. The highest BCUT2D eigenvalue weighted by atomic mass is 31.3. The van der Waals surface area contributed by atoms with Crippen molar-refractivity contribution in [2.75, 3.05) is 12.3 Å². The van der Waals surface area contributed by atoms with Crippen molar-refractivity contribution < 1.29 is 65.8 Å². The lowest BCUT2D eigenvalue weighted by molar-refractivity contribution is -0.203. The summed E-state index contributed by atoms with van der Waals surface area (Å²) >= 11 is 0. The van der Waals surface area contributed by atoms with Crippen LogP contribution in [0, 0.1) is 0 Å². The molecule has 1 aliphatic rings. The lowest BCUT2D eigenvalue weighted by Gasteiger charge is -2.24. The van der Waals surface area contributed by atoms with Crippen LogP contribution in [-0.2, 0) is 31.6 Å². The van der Waals surface area contributed by atoms with Gasteiger partial charge in [-0.25, -0.2) is 33.0 Å². The number of nitrogens with zero attached hydrogens (tertiary/aromatic N) is 4. The van der Waals surface area contributed by atoms with Crippen molar-refractivity contribution in [3.8, 4) is 0 Å². The molecule has 3 heterocycles. The zero-order valence-corrected chi connectivity index (χ0v) is 17.9. The third-order valence-electron chi connectivity index (χ3n) is 3.88. The topological polar surface area (TPSA) is 279 Å². The Bertz CT molecular complexity index is 1160. The Labute approximate surface area is 175 Å². The highest BCUT2D eigenvalue weighted by Crippen LogP contribution is 2.66. The summed E-state index contributed by atoms with van der Waals surface area (Å²) < 4.78 is 65.7. The Hall–Kier alpha value is -1.43. The van der Waals surface area contributed by atoms with E-state index in [1.165, 1.54) is 0 Å². The lowest BCUT2D eigenvalue weighted by Crippen LogP contribution is -2.42. The third-order valence-corrected chi connectivity index (χ3v) is 7.66. The van der Waals surface area contributed by atoms with Crippen LogP contribution >= 0.6 is 23.5 Å². The third kappa shape index (κ3) is 5.37. The molecule has 3 rings (SSSR count). The van der Waals surface area contributed by atoms with Gasteiger partial charge < -0.3 is 40.3 Å². The number of halogens is 1. The molecule has 1 saturated heterocycles. The minimum absolute atomic E-state index is 0.0223. The van der Waals surface area contributed by atoms with Crippen LogP contribution in [0.5, 0.6) is 0 Å². The summed E-state index contributed by atoms with van der Waals surface area (Å²) in [6.07, 6.45) is -4.02. The van der Waals surface area contributed by atoms with Gasteiger partial charge in [-0.15, -0.1) is 0 Å². The molecule has 0 saturated carbocycles. The van der Waals surface area contributed by atoms with Gasteiger partial charge in [0.1, 0.15) is 30.7 Å². The van der Waals surface area contributed by atoms with Crippen LogP contribution in [-0.4, -0.2) is 74.0 Å². The van der Waals surface area contributed by atoms with E-state index in [1.54, 1.807) is 0 Å². The quantitative estimate of drug-likeness (QED) is 0.196. The zero-order valence-electron chi connectivity index (χ0n) is 15.2. The Balaban J connectivity index is 1.76. The minimum Gasteiger partial charge on any atom is -0.385 e. The van der Waals surface area contributed by atoms with Crippen LogP contribution in [0.1, 0.15) is 6.23 Å². The molecule has 2 unspecified atom stereocenters. The van der Waals surface area contributed by atoms with E-state index >= 15 is 4.39 Å². The molecule has 0 spiro atoms. The van der Waals surface area contributed by atoms with Crippen molar-refractivity contribution in [3.63, 3.8) is 0 Å². The maximum Gasteiger partial charge on any atom is 0.490 e. The summed E-state index contributed by atoms with van der Waals surface area (Å²) in [6.45, 7) is -1.66. The van der Waals surface area contributed by atoms with Crippen molar-refractivity contribution in [2.45, 2.75) is 24.3 Å². The number of hydrogen-bond donors (Lipinski definition) is 7. The second-order valence-electron chi connectivity index (χ2n) is 6.18. The first-order valence-corrected chi connectivity index (χ1v) is 12.5. The lowest BCUT2D eigenvalue weighted by atomic mass is 10.1. The number of aliphatic hydroxyl groups excluding tert-OH is 2. The fraction of sp³-hybridized carbons (Fsp3) is 0.500. The van der Waals surface area contributed by atoms with E-state index in [0.717, 1.165) is 17.2 Å². The molecule has 8 N–H and O–H groups in total. The maximum absolute atomic E-state index is 15.1. The second kappa shape index (κ2) is 8.41. The molecule has 2 aromatic rings. The van der Waals surface area contributed by atoms with E-state index in [4.69, 9.17) is 25.2 Å². The van der Waals surface area contributed by atoms with Crippen LogP contribution in [0.3, 0.4) is 0 Å². The standard InChI is InChI=1S/C10H15FN5O13P3/c11-10(1-26-31(22,23)29-32(24,25)28-30(19,20)21)6(18)5(17)9(27-10)16-3-15-4-7(12)13-2-14-8(4)16/h2-3,5-6,9,17-18H,1H2,(H,22,23)(H,24,25)(H2,12,13,14)(H2,19,20,21)/t5-,6+,9-,10-/m1/s1. The molecule has 18 nitrogen and oxygen atoms in total. The normalized spacial score (nSPS) is 30.3. The number of hydrogen-bond acceptors (Lipinski definition) is 13. The van der Waals surface area contributed by atoms with Gasteiger partial charge in [-0.05, 0) is 0 Å². The molecular weight excluding hydrogens is 510 g/mol. The van der Waals surface area contributed by atoms with Gasteiger partial charge >= 0.3 is 23.5 Å². The van der Waals surface area contributed by atoms with Crippen molar-refractivity contribution in [2.24, 2.45) is 0 Å². The molecule has 22 heteroatoms. The molecule has 1 aliphatic heterocycles. The van der Waals surface area contributed by atoms with Crippen LogP contribution in [0.2, 0.25) is 0 Å². The van der Waals surface area contributed by atoms with Gasteiger partial charge in [0, 0.05) is 0 Å². The summed E-state index contributed by atoms with van der Waals surface area (Å²) in [4.78, 5) is 46.9. The number of phosphoric acid groups is 3. The summed E-state index contributed by atoms with van der Waals surface area (Å²) in [5, 5.41) is 20.2. The average molecular weight is 525 g/mol. The predicted octanol–water partition coefficient (Wildman–Crippen LogP) is -1.33. The van der Waals surface area contributed by atoms with Gasteiger partial charge in [0.15, 0.2) is 17.7 Å². The molecular formula is C10H15FN5O13P3. The fourth-order valence-electron chi connectivity index (χ4n) is 2.62. The van der Waals surface area contributed by atoms with Gasteiger partial charge in [-0.3, -0.25) is 9.09 Å². The van der Waals surface area contributed by atoms with E-state index in [-0.39, 0.29) is 17.0 Å². The van der Waals surface area contributed by atoms with Gasteiger partial charge in [0.25, 0.3) is 5.85 Å². The summed E-state index contributed by atoms with van der Waals surface area (Å²) in [5.41, 5.74) is 5.65. The van der Waals surface area contributed by atoms with E-state index in [9.17, 15) is 28.8 Å². The molecule has 32 heavy (non-hydrogen) atoms. The molecule has 0 radical (unpaired) electrons. The number of imidazole rings is 1. The number of aliphatic hydroxyl groups is 2. The Kier molecular flexibility index (Phi) is 6.62. The van der Waals surface area contributed by atoms with Crippen LogP contribution < -0.4 is 5.73 Å². The first-order valence-electron chi connectivity index (χ1n) is 7.98. The number of alkyl halides is 1. The van der Waals surface area contributed by atoms with Crippen LogP contribution in [0.15, 0.2) is 12.7 Å². The van der Waals surface area contributed by atoms with Crippen molar-refractivity contribution in [3.05, 3.63) is 12.7 Å². The largest absolute Gasteiger partial charge is 0.490 e. The van der Waals surface area contributed by atoms with Crippen molar-refractivity contribution in [1.82, 2.24) is 19.5 Å². The predicted molar refractivity (Wildman–Crippen MR) is 95.5 cm³/mol. The summed E-state index contributed by atoms with van der Waals surface area (Å²) in [7, 11) is -17.2. The van der Waals surface area contributed by atoms with Gasteiger partial charge in [0.05, 0.1) is 6.33 Å². The van der Waals surface area contributed by atoms with Crippen LogP contribution in [0.25, 0.3) is 11.2 Å². The van der Waals surface area contributed by atoms with Crippen LogP contribution in [0.4, 0.5) is 10.2 Å². The minimum atomic E-state index is -5.84. The van der Waals surface area contributed by atoms with E-state index in [0.29, 0.717) is 0 Å². The summed E-state index contributed by atoms with van der Waals surface area (Å²) in [5.74, 6) is -3.44. The maximum atomic E-state index is 15.1. The number of aromatic nitrogens is 4. The van der Waals surface area contributed by atoms with Crippen molar-refractivity contribution >= 4 is 40.4 Å². The smallest absolute Gasteiger partial charge is 0.385 e. The average Bonchev–Trinajstić information content (AvgIpc) is 3.14. The molecule has 180 valence electrons. The summed E-state index contributed by atoms with van der Waals surface area (Å²) in [6, 6.07) is 0.